The van der Waals surface area contributed by atoms with E-state index < -0.39 is 0 Å². The number of nitrogens with zero attached hydrogens (tertiary/aromatic N) is 3. The van der Waals surface area contributed by atoms with Gasteiger partial charge in [0.1, 0.15) is 5.75 Å². The predicted octanol–water partition coefficient (Wildman–Crippen LogP) is 1.14. The summed E-state index contributed by atoms with van der Waals surface area (Å²) in [5.41, 5.74) is 7.46. The number of aromatic nitrogens is 4. The van der Waals surface area contributed by atoms with Crippen LogP contribution in [0.15, 0.2) is 18.2 Å². The van der Waals surface area contributed by atoms with Crippen molar-refractivity contribution in [3.63, 3.8) is 0 Å². The van der Waals surface area contributed by atoms with Gasteiger partial charge in [-0.1, -0.05) is 11.2 Å². The molecule has 0 saturated heterocycles. The number of carbonyl (C=O) groups excluding carboxylic acids is 1. The molecule has 0 fully saturated rings. The van der Waals surface area contributed by atoms with Gasteiger partial charge in [0, 0.05) is 6.42 Å². The summed E-state index contributed by atoms with van der Waals surface area (Å²) in [6, 6.07) is 5.54. The topological polar surface area (TPSA) is 119 Å². The molecule has 21 heavy (non-hydrogen) atoms. The fourth-order valence-corrected chi connectivity index (χ4v) is 1.77. The number of rotatable bonds is 6. The number of carbonyl (C=O) groups is 1. The number of aryl methyl sites for hydroxylation is 1. The molecule has 1 aromatic carbocycles. The Hall–Kier alpha value is -2.64. The Morgan fingerprint density at radius 3 is 2.90 bits per heavy atom. The van der Waals surface area contributed by atoms with Crippen molar-refractivity contribution in [1.29, 1.82) is 0 Å². The molecule has 0 atom stereocenters. The van der Waals surface area contributed by atoms with Crippen LogP contribution in [0, 0.1) is 0 Å². The van der Waals surface area contributed by atoms with Gasteiger partial charge in [-0.05, 0) is 43.2 Å². The maximum absolute atomic E-state index is 11.7. The third-order valence-corrected chi connectivity index (χ3v) is 2.67. The molecule has 0 aliphatic heterocycles. The standard InChI is InChI=1S/C13H18N6O2/c1-8(2)21-11-5-3-9(7-10(11)14)4-6-12(20)15-13-16-18-19-17-13/h3,5,7-8H,4,6,14H2,1-2H3,(H2,15,16,17,18,19,20). The number of benzene rings is 1. The molecule has 8 heteroatoms. The van der Waals surface area contributed by atoms with E-state index in [1.54, 1.807) is 0 Å². The van der Waals surface area contributed by atoms with Crippen LogP contribution in [0.5, 0.6) is 5.75 Å². The maximum Gasteiger partial charge on any atom is 0.269 e. The molecule has 0 unspecified atom stereocenters. The van der Waals surface area contributed by atoms with Gasteiger partial charge < -0.3 is 10.5 Å². The molecule has 2 aromatic rings. The Morgan fingerprint density at radius 2 is 2.29 bits per heavy atom. The van der Waals surface area contributed by atoms with E-state index in [1.807, 2.05) is 32.0 Å². The van der Waals surface area contributed by atoms with Crippen LogP contribution in [0.3, 0.4) is 0 Å². The van der Waals surface area contributed by atoms with Crippen molar-refractivity contribution >= 4 is 17.5 Å². The zero-order valence-electron chi connectivity index (χ0n) is 12.0. The second kappa shape index (κ2) is 6.69. The lowest BCUT2D eigenvalue weighted by Gasteiger charge is -2.13. The van der Waals surface area contributed by atoms with Crippen molar-refractivity contribution in [3.8, 4) is 5.75 Å². The van der Waals surface area contributed by atoms with Crippen molar-refractivity contribution in [1.82, 2.24) is 20.6 Å². The van der Waals surface area contributed by atoms with E-state index in [1.165, 1.54) is 0 Å². The first-order valence-corrected chi connectivity index (χ1v) is 6.63. The predicted molar refractivity (Wildman–Crippen MR) is 77.7 cm³/mol. The van der Waals surface area contributed by atoms with Crippen molar-refractivity contribution in [3.05, 3.63) is 23.8 Å². The van der Waals surface area contributed by atoms with Crippen molar-refractivity contribution in [2.45, 2.75) is 32.8 Å². The molecule has 1 heterocycles. The van der Waals surface area contributed by atoms with Crippen molar-refractivity contribution < 1.29 is 9.53 Å². The van der Waals surface area contributed by atoms with E-state index >= 15 is 0 Å². The van der Waals surface area contributed by atoms with Crippen molar-refractivity contribution in [2.75, 3.05) is 11.1 Å². The van der Waals surface area contributed by atoms with Gasteiger partial charge in [-0.2, -0.15) is 5.21 Å². The van der Waals surface area contributed by atoms with Crippen LogP contribution < -0.4 is 15.8 Å². The molecule has 1 amide bonds. The summed E-state index contributed by atoms with van der Waals surface area (Å²) in [4.78, 5) is 11.7. The van der Waals surface area contributed by atoms with E-state index in [4.69, 9.17) is 10.5 Å². The lowest BCUT2D eigenvalue weighted by molar-refractivity contribution is -0.116. The molecule has 0 spiro atoms. The third-order valence-electron chi connectivity index (χ3n) is 2.67. The molecule has 8 nitrogen and oxygen atoms in total. The molecule has 4 N–H and O–H groups in total. The van der Waals surface area contributed by atoms with Gasteiger partial charge in [0.15, 0.2) is 0 Å². The number of aromatic amines is 1. The maximum atomic E-state index is 11.7. The highest BCUT2D eigenvalue weighted by molar-refractivity contribution is 5.88. The number of nitrogens with two attached hydrogens (primary N) is 1. The Kier molecular flexibility index (Phi) is 4.70. The molecule has 0 aliphatic carbocycles. The molecule has 0 radical (unpaired) electrons. The van der Waals surface area contributed by atoms with Crippen LogP contribution in [0.25, 0.3) is 0 Å². The number of tetrazole rings is 1. The Morgan fingerprint density at radius 1 is 1.48 bits per heavy atom. The van der Waals surface area contributed by atoms with Gasteiger partial charge in [-0.15, -0.1) is 5.10 Å². The summed E-state index contributed by atoms with van der Waals surface area (Å²) in [5.74, 6) is 0.641. The summed E-state index contributed by atoms with van der Waals surface area (Å²) < 4.78 is 5.56. The van der Waals surface area contributed by atoms with Gasteiger partial charge in [-0.3, -0.25) is 10.1 Å². The Bertz CT molecular complexity index is 597. The van der Waals surface area contributed by atoms with E-state index in [-0.39, 0.29) is 18.0 Å². The van der Waals surface area contributed by atoms with Crippen LogP contribution in [0.1, 0.15) is 25.8 Å². The normalized spacial score (nSPS) is 10.6. The van der Waals surface area contributed by atoms with Crippen LogP contribution in [-0.2, 0) is 11.2 Å². The lowest BCUT2D eigenvalue weighted by Crippen LogP contribution is -2.13. The number of hydrogen-bond acceptors (Lipinski definition) is 6. The van der Waals surface area contributed by atoms with Gasteiger partial charge >= 0.3 is 0 Å². The highest BCUT2D eigenvalue weighted by Crippen LogP contribution is 2.24. The minimum absolute atomic E-state index is 0.0684. The van der Waals surface area contributed by atoms with Crippen LogP contribution >= 0.6 is 0 Å². The second-order valence-electron chi connectivity index (χ2n) is 4.82. The number of nitrogen functional groups attached to an aromatic ring is 1. The van der Waals surface area contributed by atoms with Gasteiger partial charge in [-0.25, -0.2) is 0 Å². The molecule has 0 saturated carbocycles. The highest BCUT2D eigenvalue weighted by atomic mass is 16.5. The summed E-state index contributed by atoms with van der Waals surface area (Å²) in [7, 11) is 0. The number of anilines is 2. The van der Waals surface area contributed by atoms with E-state index in [2.05, 4.69) is 25.9 Å². The van der Waals surface area contributed by atoms with E-state index in [0.717, 1.165) is 5.56 Å². The summed E-state index contributed by atoms with van der Waals surface area (Å²) in [6.07, 6.45) is 0.938. The SMILES string of the molecule is CC(C)Oc1ccc(CCC(=O)Nc2nn[nH]n2)cc1N. The minimum Gasteiger partial charge on any atom is -0.489 e. The lowest BCUT2D eigenvalue weighted by atomic mass is 10.1. The fraction of sp³-hybridized carbons (Fsp3) is 0.385. The molecule has 0 aliphatic rings. The number of ether oxygens (including phenoxy) is 1. The largest absolute Gasteiger partial charge is 0.489 e. The average molecular weight is 290 g/mol. The summed E-state index contributed by atoms with van der Waals surface area (Å²) >= 11 is 0. The van der Waals surface area contributed by atoms with E-state index in [0.29, 0.717) is 24.3 Å². The first kappa shape index (κ1) is 14.8. The summed E-state index contributed by atoms with van der Waals surface area (Å²) in [6.45, 7) is 3.88. The van der Waals surface area contributed by atoms with Gasteiger partial charge in [0.05, 0.1) is 11.8 Å². The molecule has 112 valence electrons. The number of hydrogen-bond donors (Lipinski definition) is 3. The molecule has 0 bridgehead atoms. The fourth-order valence-electron chi connectivity index (χ4n) is 1.77. The molecule has 2 rings (SSSR count). The first-order chi connectivity index (χ1) is 10.0. The number of nitrogens with one attached hydrogen (secondary N) is 2. The minimum atomic E-state index is -0.183. The van der Waals surface area contributed by atoms with Gasteiger partial charge in [0.25, 0.3) is 5.95 Å². The zero-order valence-corrected chi connectivity index (χ0v) is 12.0. The molecular formula is C13H18N6O2. The molecular weight excluding hydrogens is 272 g/mol. The quantitative estimate of drug-likeness (QED) is 0.686. The smallest absolute Gasteiger partial charge is 0.269 e. The third kappa shape index (κ3) is 4.44. The summed E-state index contributed by atoms with van der Waals surface area (Å²) in [5, 5.41) is 15.5. The second-order valence-corrected chi connectivity index (χ2v) is 4.82. The van der Waals surface area contributed by atoms with Crippen molar-refractivity contribution in [2.24, 2.45) is 0 Å². The van der Waals surface area contributed by atoms with E-state index in [9.17, 15) is 4.79 Å². The van der Waals surface area contributed by atoms with Crippen LogP contribution in [-0.4, -0.2) is 32.6 Å². The van der Waals surface area contributed by atoms with Crippen LogP contribution in [0.2, 0.25) is 0 Å². The Balaban J connectivity index is 1.88. The number of H-pyrrole nitrogens is 1. The highest BCUT2D eigenvalue weighted by Gasteiger charge is 2.08. The average Bonchev–Trinajstić information content (AvgIpc) is 2.91. The Labute approximate surface area is 122 Å². The number of amides is 1. The molecule has 1 aromatic heterocycles. The zero-order chi connectivity index (χ0) is 15.2. The first-order valence-electron chi connectivity index (χ1n) is 6.63. The van der Waals surface area contributed by atoms with Crippen LogP contribution in [0.4, 0.5) is 11.6 Å². The van der Waals surface area contributed by atoms with Gasteiger partial charge in [0.2, 0.25) is 5.91 Å². The monoisotopic (exact) mass is 290 g/mol.